The highest BCUT2D eigenvalue weighted by molar-refractivity contribution is 5.91. The van der Waals surface area contributed by atoms with Crippen molar-refractivity contribution in [3.63, 3.8) is 0 Å². The van der Waals surface area contributed by atoms with E-state index in [2.05, 4.69) is 24.3 Å². The molecule has 0 N–H and O–H groups in total. The van der Waals surface area contributed by atoms with E-state index in [9.17, 15) is 10.1 Å². The summed E-state index contributed by atoms with van der Waals surface area (Å²) in [6.45, 7) is 3.22. The highest BCUT2D eigenvalue weighted by atomic mass is 16.5. The monoisotopic (exact) mass is 412 g/mol. The molecule has 2 unspecified atom stereocenters. The number of hydrogen-bond donors (Lipinski definition) is 0. The topological polar surface area (TPSA) is 53.3 Å². The Labute approximate surface area is 184 Å². The van der Waals surface area contributed by atoms with Crippen molar-refractivity contribution in [1.82, 2.24) is 4.90 Å². The minimum atomic E-state index is -1.27. The molecule has 1 amide bonds. The van der Waals surface area contributed by atoms with Gasteiger partial charge in [-0.2, -0.15) is 5.26 Å². The summed E-state index contributed by atoms with van der Waals surface area (Å²) < 4.78 is 5.69. The standard InChI is InChI=1S/C27H28N2O2/c1-27(19-28,26(30)29-17-8-3-9-18-29)25(23-14-6-7-16-24(23)31-2)22-15-10-12-20-11-4-5-13-21(20)22/h4-7,10-16,25H,3,8-9,17-18H2,1-2H3. The summed E-state index contributed by atoms with van der Waals surface area (Å²) in [6, 6.07) is 24.4. The first kappa shape index (κ1) is 20.9. The zero-order valence-electron chi connectivity index (χ0n) is 18.2. The van der Waals surface area contributed by atoms with E-state index in [1.807, 2.05) is 53.4 Å². The maximum Gasteiger partial charge on any atom is 0.243 e. The maximum absolute atomic E-state index is 13.8. The minimum Gasteiger partial charge on any atom is -0.496 e. The maximum atomic E-state index is 13.8. The molecule has 0 aliphatic carbocycles. The summed E-state index contributed by atoms with van der Waals surface area (Å²) in [6.07, 6.45) is 3.11. The van der Waals surface area contributed by atoms with Crippen LogP contribution in [0.4, 0.5) is 0 Å². The molecule has 1 heterocycles. The van der Waals surface area contributed by atoms with Crippen LogP contribution in [0.15, 0.2) is 66.7 Å². The van der Waals surface area contributed by atoms with Gasteiger partial charge < -0.3 is 9.64 Å². The van der Waals surface area contributed by atoms with Gasteiger partial charge in [-0.1, -0.05) is 60.7 Å². The Morgan fingerprint density at radius 3 is 2.35 bits per heavy atom. The molecule has 0 bridgehead atoms. The summed E-state index contributed by atoms with van der Waals surface area (Å²) in [5.41, 5.74) is 0.559. The number of hydrogen-bond acceptors (Lipinski definition) is 3. The molecule has 1 aliphatic heterocycles. The third-order valence-electron chi connectivity index (χ3n) is 6.48. The SMILES string of the molecule is COc1ccccc1C(c1cccc2ccccc12)C(C)(C#N)C(=O)N1CCCCC1. The van der Waals surface area contributed by atoms with Crippen LogP contribution in [0.2, 0.25) is 0 Å². The lowest BCUT2D eigenvalue weighted by Gasteiger charge is -2.38. The molecule has 3 aromatic carbocycles. The predicted molar refractivity (Wildman–Crippen MR) is 123 cm³/mol. The van der Waals surface area contributed by atoms with Crippen LogP contribution in [0.1, 0.15) is 43.2 Å². The molecular weight excluding hydrogens is 384 g/mol. The quantitative estimate of drug-likeness (QED) is 0.554. The second-order valence-corrected chi connectivity index (χ2v) is 8.41. The number of para-hydroxylation sites is 1. The molecule has 31 heavy (non-hydrogen) atoms. The van der Waals surface area contributed by atoms with Crippen LogP contribution in [-0.2, 0) is 4.79 Å². The number of carbonyl (C=O) groups excluding carboxylic acids is 1. The van der Waals surface area contributed by atoms with Gasteiger partial charge in [-0.3, -0.25) is 4.79 Å². The molecular formula is C27H28N2O2. The Morgan fingerprint density at radius 1 is 0.968 bits per heavy atom. The smallest absolute Gasteiger partial charge is 0.243 e. The van der Waals surface area contributed by atoms with Gasteiger partial charge in [0.05, 0.1) is 13.2 Å². The molecule has 1 saturated heterocycles. The Balaban J connectivity index is 1.96. The molecule has 0 spiro atoms. The van der Waals surface area contributed by atoms with Crippen LogP contribution >= 0.6 is 0 Å². The van der Waals surface area contributed by atoms with Gasteiger partial charge in [0.1, 0.15) is 11.2 Å². The van der Waals surface area contributed by atoms with E-state index in [0.717, 1.165) is 41.2 Å². The number of rotatable bonds is 5. The number of nitriles is 1. The molecule has 0 radical (unpaired) electrons. The highest BCUT2D eigenvalue weighted by Crippen LogP contribution is 2.47. The Morgan fingerprint density at radius 2 is 1.61 bits per heavy atom. The van der Waals surface area contributed by atoms with Crippen LogP contribution < -0.4 is 4.74 Å². The van der Waals surface area contributed by atoms with E-state index in [1.54, 1.807) is 14.0 Å². The number of likely N-dealkylation sites (tertiary alicyclic amines) is 1. The zero-order valence-corrected chi connectivity index (χ0v) is 18.2. The third-order valence-corrected chi connectivity index (χ3v) is 6.48. The minimum absolute atomic E-state index is 0.0986. The molecule has 0 aromatic heterocycles. The molecule has 1 aliphatic rings. The largest absolute Gasteiger partial charge is 0.496 e. The van der Waals surface area contributed by atoms with Gasteiger partial charge in [-0.05, 0) is 48.6 Å². The van der Waals surface area contributed by atoms with Crippen molar-refractivity contribution in [1.29, 1.82) is 5.26 Å². The first-order chi connectivity index (χ1) is 15.1. The van der Waals surface area contributed by atoms with Crippen LogP contribution in [0.3, 0.4) is 0 Å². The lowest BCUT2D eigenvalue weighted by molar-refractivity contribution is -0.139. The van der Waals surface area contributed by atoms with Crippen molar-refractivity contribution in [2.24, 2.45) is 5.41 Å². The van der Waals surface area contributed by atoms with Crippen LogP contribution in [0, 0.1) is 16.7 Å². The number of fused-ring (bicyclic) bond motifs is 1. The van der Waals surface area contributed by atoms with Crippen molar-refractivity contribution in [2.45, 2.75) is 32.1 Å². The summed E-state index contributed by atoms with van der Waals surface area (Å²) in [7, 11) is 1.63. The van der Waals surface area contributed by atoms with Crippen molar-refractivity contribution in [2.75, 3.05) is 20.2 Å². The predicted octanol–water partition coefficient (Wildman–Crippen LogP) is 5.52. The number of nitrogens with zero attached hydrogens (tertiary/aromatic N) is 2. The van der Waals surface area contributed by atoms with Gasteiger partial charge >= 0.3 is 0 Å². The van der Waals surface area contributed by atoms with Gasteiger partial charge in [0.15, 0.2) is 0 Å². The molecule has 158 valence electrons. The summed E-state index contributed by atoms with van der Waals surface area (Å²) in [5, 5.41) is 12.6. The van der Waals surface area contributed by atoms with E-state index < -0.39 is 11.3 Å². The van der Waals surface area contributed by atoms with Crippen molar-refractivity contribution >= 4 is 16.7 Å². The number of amides is 1. The average Bonchev–Trinajstić information content (AvgIpc) is 2.84. The average molecular weight is 413 g/mol. The Kier molecular flexibility index (Phi) is 5.95. The molecule has 3 aromatic rings. The van der Waals surface area contributed by atoms with E-state index >= 15 is 0 Å². The van der Waals surface area contributed by atoms with E-state index in [1.165, 1.54) is 0 Å². The van der Waals surface area contributed by atoms with Gasteiger partial charge in [-0.15, -0.1) is 0 Å². The van der Waals surface area contributed by atoms with Crippen molar-refractivity contribution in [3.05, 3.63) is 77.9 Å². The first-order valence-corrected chi connectivity index (χ1v) is 10.9. The summed E-state index contributed by atoms with van der Waals surface area (Å²) in [4.78, 5) is 15.7. The highest BCUT2D eigenvalue weighted by Gasteiger charge is 2.47. The third kappa shape index (κ3) is 3.77. The molecule has 2 atom stereocenters. The van der Waals surface area contributed by atoms with Crippen LogP contribution in [-0.4, -0.2) is 31.0 Å². The number of ether oxygens (including phenoxy) is 1. The van der Waals surface area contributed by atoms with Gasteiger partial charge in [0.2, 0.25) is 5.91 Å². The fourth-order valence-electron chi connectivity index (χ4n) is 4.86. The summed E-state index contributed by atoms with van der Waals surface area (Å²) in [5.74, 6) is 0.126. The van der Waals surface area contributed by atoms with Crippen LogP contribution in [0.25, 0.3) is 10.8 Å². The number of benzene rings is 3. The number of piperidine rings is 1. The molecule has 4 rings (SSSR count). The van der Waals surface area contributed by atoms with E-state index in [4.69, 9.17) is 4.74 Å². The normalized spacial score (nSPS) is 16.9. The lowest BCUT2D eigenvalue weighted by Crippen LogP contribution is -2.47. The van der Waals surface area contributed by atoms with Crippen molar-refractivity contribution in [3.8, 4) is 11.8 Å². The van der Waals surface area contributed by atoms with Gasteiger partial charge in [0, 0.05) is 24.6 Å². The Bertz CT molecular complexity index is 1120. The molecule has 4 nitrogen and oxygen atoms in total. The van der Waals surface area contributed by atoms with E-state index in [-0.39, 0.29) is 5.91 Å². The van der Waals surface area contributed by atoms with Crippen molar-refractivity contribution < 1.29 is 9.53 Å². The molecule has 4 heteroatoms. The second-order valence-electron chi connectivity index (χ2n) is 8.41. The number of methoxy groups -OCH3 is 1. The lowest BCUT2D eigenvalue weighted by atomic mass is 9.68. The molecule has 0 saturated carbocycles. The summed E-state index contributed by atoms with van der Waals surface area (Å²) >= 11 is 0. The second kappa shape index (κ2) is 8.81. The number of carbonyl (C=O) groups is 1. The zero-order chi connectivity index (χ0) is 21.8. The Hall–Kier alpha value is -3.32. The molecule has 1 fully saturated rings. The first-order valence-electron chi connectivity index (χ1n) is 10.9. The van der Waals surface area contributed by atoms with Gasteiger partial charge in [-0.25, -0.2) is 0 Å². The van der Waals surface area contributed by atoms with E-state index in [0.29, 0.717) is 18.8 Å². The fraction of sp³-hybridized carbons (Fsp3) is 0.333. The fourth-order valence-corrected chi connectivity index (χ4v) is 4.86. The van der Waals surface area contributed by atoms with Gasteiger partial charge in [0.25, 0.3) is 0 Å². The van der Waals surface area contributed by atoms with Crippen LogP contribution in [0.5, 0.6) is 5.75 Å².